The molecule has 0 aromatic heterocycles. The van der Waals surface area contributed by atoms with Crippen molar-refractivity contribution in [3.8, 4) is 0 Å². The van der Waals surface area contributed by atoms with Gasteiger partial charge in [0.15, 0.2) is 6.04 Å². The molecule has 0 spiro atoms. The molecule has 0 radical (unpaired) electrons. The van der Waals surface area contributed by atoms with Crippen LogP contribution in [0.1, 0.15) is 6.42 Å². The number of carbonyl (C=O) groups excluding carboxylic acids is 1. The number of nitroso groups, excluding NO2 is 2. The summed E-state index contributed by atoms with van der Waals surface area (Å²) >= 11 is 0. The number of hydrogen-bond acceptors (Lipinski definition) is 5. The van der Waals surface area contributed by atoms with Crippen molar-refractivity contribution in [3.05, 3.63) is 9.81 Å². The Labute approximate surface area is 60.3 Å². The maximum absolute atomic E-state index is 10.2. The SMILES string of the molecule is O=NC(=O)[C@H](CC(=O)O)N=O. The Kier molecular flexibility index (Phi) is 3.57. The third-order valence-corrected chi connectivity index (χ3v) is 0.870. The van der Waals surface area contributed by atoms with Gasteiger partial charge in [0, 0.05) is 5.18 Å². The van der Waals surface area contributed by atoms with Gasteiger partial charge in [-0.3, -0.25) is 9.59 Å². The minimum Gasteiger partial charge on any atom is -0.481 e. The Balaban J connectivity index is 4.16. The lowest BCUT2D eigenvalue weighted by Crippen LogP contribution is -2.19. The van der Waals surface area contributed by atoms with Crippen molar-refractivity contribution < 1.29 is 14.7 Å². The molecule has 1 N–H and O–H groups in total. The Morgan fingerprint density at radius 2 is 1.91 bits per heavy atom. The van der Waals surface area contributed by atoms with Gasteiger partial charge >= 0.3 is 11.9 Å². The highest BCUT2D eigenvalue weighted by Gasteiger charge is 2.22. The van der Waals surface area contributed by atoms with Crippen LogP contribution in [0.15, 0.2) is 10.4 Å². The molecule has 0 aromatic carbocycles. The fraction of sp³-hybridized carbons (Fsp3) is 0.500. The van der Waals surface area contributed by atoms with Crippen LogP contribution >= 0.6 is 0 Å². The van der Waals surface area contributed by atoms with Gasteiger partial charge in [0.1, 0.15) is 0 Å². The molecule has 0 aliphatic carbocycles. The largest absolute Gasteiger partial charge is 0.481 e. The van der Waals surface area contributed by atoms with Gasteiger partial charge < -0.3 is 5.11 Å². The smallest absolute Gasteiger partial charge is 0.314 e. The molecule has 0 fully saturated rings. The lowest BCUT2D eigenvalue weighted by Gasteiger charge is -1.95. The van der Waals surface area contributed by atoms with E-state index in [-0.39, 0.29) is 0 Å². The lowest BCUT2D eigenvalue weighted by molar-refractivity contribution is -0.139. The van der Waals surface area contributed by atoms with Crippen LogP contribution in [0.25, 0.3) is 0 Å². The van der Waals surface area contributed by atoms with E-state index in [0.717, 1.165) is 0 Å². The summed E-state index contributed by atoms with van der Waals surface area (Å²) in [5.41, 5.74) is 0. The van der Waals surface area contributed by atoms with Gasteiger partial charge in [-0.2, -0.15) is 0 Å². The summed E-state index contributed by atoms with van der Waals surface area (Å²) in [5, 5.41) is 12.1. The van der Waals surface area contributed by atoms with Gasteiger partial charge in [-0.25, -0.2) is 0 Å². The quantitative estimate of drug-likeness (QED) is 0.576. The van der Waals surface area contributed by atoms with Crippen molar-refractivity contribution in [3.63, 3.8) is 0 Å². The molecule has 0 aliphatic rings. The van der Waals surface area contributed by atoms with Crippen molar-refractivity contribution in [1.29, 1.82) is 0 Å². The Morgan fingerprint density at radius 3 is 2.18 bits per heavy atom. The maximum atomic E-state index is 10.2. The zero-order valence-corrected chi connectivity index (χ0v) is 5.26. The van der Waals surface area contributed by atoms with E-state index in [1.165, 1.54) is 0 Å². The molecule has 1 amide bonds. The van der Waals surface area contributed by atoms with E-state index in [9.17, 15) is 19.4 Å². The molecular formula is C4H4N2O5. The zero-order chi connectivity index (χ0) is 8.85. The van der Waals surface area contributed by atoms with E-state index in [2.05, 4.69) is 5.18 Å². The minimum absolute atomic E-state index is 0.798. The van der Waals surface area contributed by atoms with Crippen LogP contribution in [-0.4, -0.2) is 23.0 Å². The Morgan fingerprint density at radius 1 is 1.36 bits per heavy atom. The molecular weight excluding hydrogens is 156 g/mol. The number of nitrogens with zero attached hydrogens (tertiary/aromatic N) is 2. The first-order valence-electron chi connectivity index (χ1n) is 2.53. The van der Waals surface area contributed by atoms with E-state index in [4.69, 9.17) is 5.11 Å². The van der Waals surface area contributed by atoms with Crippen molar-refractivity contribution in [2.75, 3.05) is 0 Å². The molecule has 60 valence electrons. The van der Waals surface area contributed by atoms with Crippen molar-refractivity contribution in [2.45, 2.75) is 12.5 Å². The van der Waals surface area contributed by atoms with E-state index in [0.29, 0.717) is 0 Å². The number of hydrogen-bond donors (Lipinski definition) is 1. The summed E-state index contributed by atoms with van der Waals surface area (Å²) < 4.78 is 0. The zero-order valence-electron chi connectivity index (χ0n) is 5.26. The summed E-state index contributed by atoms with van der Waals surface area (Å²) in [6.07, 6.45) is -0.798. The summed E-state index contributed by atoms with van der Waals surface area (Å²) in [5.74, 6) is -2.74. The second-order valence-corrected chi connectivity index (χ2v) is 1.65. The molecule has 0 heterocycles. The third-order valence-electron chi connectivity index (χ3n) is 0.870. The highest BCUT2D eigenvalue weighted by atomic mass is 16.4. The highest BCUT2D eigenvalue weighted by molar-refractivity contribution is 5.86. The predicted molar refractivity (Wildman–Crippen MR) is 32.6 cm³/mol. The van der Waals surface area contributed by atoms with E-state index in [1.807, 2.05) is 5.18 Å². The summed E-state index contributed by atoms with van der Waals surface area (Å²) in [6.45, 7) is 0. The van der Waals surface area contributed by atoms with Crippen LogP contribution in [0.2, 0.25) is 0 Å². The Hall–Kier alpha value is -1.66. The monoisotopic (exact) mass is 160 g/mol. The molecule has 7 heteroatoms. The lowest BCUT2D eigenvalue weighted by atomic mass is 10.2. The van der Waals surface area contributed by atoms with Crippen LogP contribution in [0.3, 0.4) is 0 Å². The summed E-state index contributed by atoms with van der Waals surface area (Å²) in [4.78, 5) is 39.3. The van der Waals surface area contributed by atoms with Crippen LogP contribution in [-0.2, 0) is 9.59 Å². The maximum Gasteiger partial charge on any atom is 0.314 e. The van der Waals surface area contributed by atoms with Crippen LogP contribution in [0.4, 0.5) is 0 Å². The highest BCUT2D eigenvalue weighted by Crippen LogP contribution is 1.99. The third kappa shape index (κ3) is 3.14. The van der Waals surface area contributed by atoms with E-state index in [1.54, 1.807) is 0 Å². The Bertz CT molecular complexity index is 201. The molecule has 0 unspecified atom stereocenters. The number of aliphatic carboxylic acids is 1. The number of carbonyl (C=O) groups is 2. The van der Waals surface area contributed by atoms with Crippen molar-refractivity contribution >= 4 is 11.9 Å². The molecule has 7 nitrogen and oxygen atoms in total. The molecule has 0 saturated carbocycles. The minimum atomic E-state index is -1.69. The van der Waals surface area contributed by atoms with Gasteiger partial charge in [0.05, 0.1) is 6.42 Å². The summed E-state index contributed by atoms with van der Waals surface area (Å²) in [7, 11) is 0. The van der Waals surface area contributed by atoms with Gasteiger partial charge in [-0.15, -0.1) is 9.81 Å². The first-order valence-corrected chi connectivity index (χ1v) is 2.53. The molecule has 1 atom stereocenters. The van der Waals surface area contributed by atoms with Crippen molar-refractivity contribution in [2.24, 2.45) is 10.4 Å². The van der Waals surface area contributed by atoms with Gasteiger partial charge in [0.25, 0.3) is 0 Å². The van der Waals surface area contributed by atoms with Gasteiger partial charge in [-0.05, 0) is 0 Å². The molecule has 0 aliphatic heterocycles. The first kappa shape index (κ1) is 9.34. The predicted octanol–water partition coefficient (Wildman–Crippen LogP) is -0.111. The average molecular weight is 160 g/mol. The van der Waals surface area contributed by atoms with Gasteiger partial charge in [-0.1, -0.05) is 5.18 Å². The average Bonchev–Trinajstić information content (AvgIpc) is 1.98. The number of rotatable bonds is 4. The normalized spacial score (nSPS) is 11.6. The number of carboxylic acids is 1. The second-order valence-electron chi connectivity index (χ2n) is 1.65. The van der Waals surface area contributed by atoms with E-state index >= 15 is 0 Å². The van der Waals surface area contributed by atoms with Gasteiger partial charge in [0.2, 0.25) is 0 Å². The molecule has 11 heavy (non-hydrogen) atoms. The van der Waals surface area contributed by atoms with Crippen molar-refractivity contribution in [1.82, 2.24) is 0 Å². The second kappa shape index (κ2) is 4.20. The molecule has 0 aromatic rings. The summed E-state index contributed by atoms with van der Waals surface area (Å²) in [6, 6.07) is -1.69. The number of amides is 1. The standard InChI is InChI=1S/C4H4N2O5/c7-3(8)1-2(5-10)4(9)6-11/h2H,1H2,(H,7,8)/t2-/m0/s1. The fourth-order valence-electron chi connectivity index (χ4n) is 0.396. The first-order chi connectivity index (χ1) is 5.11. The fourth-order valence-corrected chi connectivity index (χ4v) is 0.396. The topological polar surface area (TPSA) is 113 Å². The van der Waals surface area contributed by atoms with Crippen LogP contribution in [0.5, 0.6) is 0 Å². The molecule has 0 rings (SSSR count). The van der Waals surface area contributed by atoms with E-state index < -0.39 is 24.3 Å². The van der Waals surface area contributed by atoms with Crippen LogP contribution < -0.4 is 0 Å². The number of carboxylic acid groups (broad SMARTS) is 1. The molecule has 0 saturated heterocycles. The molecule has 0 bridgehead atoms. The van der Waals surface area contributed by atoms with Crippen LogP contribution in [0, 0.1) is 9.81 Å².